The highest BCUT2D eigenvalue weighted by Crippen LogP contribution is 2.26. The zero-order valence-electron chi connectivity index (χ0n) is 9.42. The second-order valence-electron chi connectivity index (χ2n) is 4.92. The number of nitrogens with zero attached hydrogens (tertiary/aromatic N) is 1. The fourth-order valence-corrected chi connectivity index (χ4v) is 1.22. The normalized spacial score (nSPS) is 19.4. The quantitative estimate of drug-likeness (QED) is 0.601. The lowest BCUT2D eigenvalue weighted by Crippen LogP contribution is -2.31. The third-order valence-corrected chi connectivity index (χ3v) is 1.92. The molecule has 0 radical (unpaired) electrons. The van der Waals surface area contributed by atoms with Crippen molar-refractivity contribution in [2.75, 3.05) is 0 Å². The maximum atomic E-state index is 11.7. The molecule has 1 aliphatic heterocycles. The zero-order chi connectivity index (χ0) is 11.0. The minimum absolute atomic E-state index is 0.278. The van der Waals surface area contributed by atoms with Gasteiger partial charge in [0.1, 0.15) is 5.60 Å². The van der Waals surface area contributed by atoms with Gasteiger partial charge in [0.25, 0.3) is 0 Å². The predicted octanol–water partition coefficient (Wildman–Crippen LogP) is 2.12. The lowest BCUT2D eigenvalue weighted by molar-refractivity contribution is -0.150. The average Bonchev–Trinajstić information content (AvgIpc) is 2.25. The molecule has 0 saturated carbocycles. The monoisotopic (exact) mass is 195 g/mol. The highest BCUT2D eigenvalue weighted by Gasteiger charge is 2.33. The standard InChI is InChI=1S/C11H17NO2/c1-10(2,3)14-9(13)8-6-7-12-11(8,4)5/h6-7H,1-5H3. The average molecular weight is 195 g/mol. The molecule has 3 nitrogen and oxygen atoms in total. The van der Waals surface area contributed by atoms with Gasteiger partial charge in [-0.25, -0.2) is 4.79 Å². The summed E-state index contributed by atoms with van der Waals surface area (Å²) in [6.07, 6.45) is 3.37. The highest BCUT2D eigenvalue weighted by molar-refractivity contribution is 5.98. The molecular weight excluding hydrogens is 178 g/mol. The number of aliphatic imine (C=N–C) groups is 1. The highest BCUT2D eigenvalue weighted by atomic mass is 16.6. The fourth-order valence-electron chi connectivity index (χ4n) is 1.22. The third kappa shape index (κ3) is 2.44. The van der Waals surface area contributed by atoms with E-state index in [4.69, 9.17) is 4.74 Å². The van der Waals surface area contributed by atoms with Crippen LogP contribution in [-0.2, 0) is 9.53 Å². The van der Waals surface area contributed by atoms with E-state index in [9.17, 15) is 4.79 Å². The summed E-state index contributed by atoms with van der Waals surface area (Å²) in [6, 6.07) is 0. The predicted molar refractivity (Wildman–Crippen MR) is 56.5 cm³/mol. The van der Waals surface area contributed by atoms with Crippen LogP contribution in [0.1, 0.15) is 34.6 Å². The first-order chi connectivity index (χ1) is 6.22. The van der Waals surface area contributed by atoms with Crippen molar-refractivity contribution in [2.24, 2.45) is 4.99 Å². The second kappa shape index (κ2) is 3.23. The van der Waals surface area contributed by atoms with Crippen LogP contribution in [0.25, 0.3) is 0 Å². The maximum absolute atomic E-state index is 11.7. The molecule has 0 aliphatic carbocycles. The van der Waals surface area contributed by atoms with Crippen molar-refractivity contribution in [3.05, 3.63) is 11.6 Å². The third-order valence-electron chi connectivity index (χ3n) is 1.92. The van der Waals surface area contributed by atoms with Gasteiger partial charge in [-0.3, -0.25) is 4.99 Å². The number of carbonyl (C=O) groups is 1. The SMILES string of the molecule is CC(C)(C)OC(=O)C1=CC=NC1(C)C. The largest absolute Gasteiger partial charge is 0.457 e. The maximum Gasteiger partial charge on any atom is 0.337 e. The minimum atomic E-state index is -0.448. The molecule has 14 heavy (non-hydrogen) atoms. The van der Waals surface area contributed by atoms with Crippen molar-refractivity contribution >= 4 is 12.2 Å². The van der Waals surface area contributed by atoms with Gasteiger partial charge >= 0.3 is 5.97 Å². The molecular formula is C11H17NO2. The molecule has 0 saturated heterocycles. The van der Waals surface area contributed by atoms with Gasteiger partial charge in [0.2, 0.25) is 0 Å². The molecule has 1 rings (SSSR count). The van der Waals surface area contributed by atoms with E-state index in [2.05, 4.69) is 4.99 Å². The van der Waals surface area contributed by atoms with Crippen LogP contribution in [0, 0.1) is 0 Å². The Labute approximate surface area is 84.9 Å². The number of hydrogen-bond donors (Lipinski definition) is 0. The van der Waals surface area contributed by atoms with Gasteiger partial charge in [0.15, 0.2) is 0 Å². The molecule has 0 spiro atoms. The summed E-state index contributed by atoms with van der Waals surface area (Å²) >= 11 is 0. The van der Waals surface area contributed by atoms with E-state index in [-0.39, 0.29) is 5.97 Å². The van der Waals surface area contributed by atoms with Crippen molar-refractivity contribution in [1.82, 2.24) is 0 Å². The molecule has 0 N–H and O–H groups in total. The van der Waals surface area contributed by atoms with E-state index in [0.717, 1.165) is 0 Å². The van der Waals surface area contributed by atoms with Crippen LogP contribution in [0.15, 0.2) is 16.6 Å². The molecule has 0 amide bonds. The Morgan fingerprint density at radius 1 is 1.43 bits per heavy atom. The Hall–Kier alpha value is -1.12. The van der Waals surface area contributed by atoms with Crippen molar-refractivity contribution in [1.29, 1.82) is 0 Å². The molecule has 0 aromatic heterocycles. The van der Waals surface area contributed by atoms with Crippen molar-refractivity contribution < 1.29 is 9.53 Å². The van der Waals surface area contributed by atoms with E-state index in [1.807, 2.05) is 34.6 Å². The Kier molecular flexibility index (Phi) is 2.52. The van der Waals surface area contributed by atoms with Crippen molar-refractivity contribution in [2.45, 2.75) is 45.8 Å². The topological polar surface area (TPSA) is 38.7 Å². The van der Waals surface area contributed by atoms with Gasteiger partial charge in [-0.05, 0) is 40.7 Å². The van der Waals surface area contributed by atoms with Gasteiger partial charge in [0.05, 0.1) is 11.1 Å². The van der Waals surface area contributed by atoms with Gasteiger partial charge in [-0.1, -0.05) is 0 Å². The minimum Gasteiger partial charge on any atom is -0.457 e. The molecule has 0 atom stereocenters. The van der Waals surface area contributed by atoms with Crippen LogP contribution in [0.3, 0.4) is 0 Å². The molecule has 0 unspecified atom stereocenters. The molecule has 0 aromatic carbocycles. The van der Waals surface area contributed by atoms with Gasteiger partial charge < -0.3 is 4.74 Å². The summed E-state index contributed by atoms with van der Waals surface area (Å²) in [5.74, 6) is -0.278. The fraction of sp³-hybridized carbons (Fsp3) is 0.636. The molecule has 1 aliphatic rings. The Morgan fingerprint density at radius 2 is 2.00 bits per heavy atom. The van der Waals surface area contributed by atoms with E-state index in [0.29, 0.717) is 5.57 Å². The van der Waals surface area contributed by atoms with E-state index < -0.39 is 11.1 Å². The van der Waals surface area contributed by atoms with Crippen LogP contribution >= 0.6 is 0 Å². The van der Waals surface area contributed by atoms with E-state index >= 15 is 0 Å². The molecule has 0 aromatic rings. The first kappa shape index (κ1) is 11.0. The number of rotatable bonds is 1. The van der Waals surface area contributed by atoms with E-state index in [1.165, 1.54) is 0 Å². The Morgan fingerprint density at radius 3 is 2.36 bits per heavy atom. The Bertz CT molecular complexity index is 306. The van der Waals surface area contributed by atoms with Gasteiger partial charge in [-0.2, -0.15) is 0 Å². The molecule has 78 valence electrons. The van der Waals surface area contributed by atoms with Gasteiger partial charge in [-0.15, -0.1) is 0 Å². The number of allylic oxidation sites excluding steroid dienone is 1. The summed E-state index contributed by atoms with van der Waals surface area (Å²) in [6.45, 7) is 9.36. The summed E-state index contributed by atoms with van der Waals surface area (Å²) in [4.78, 5) is 15.9. The summed E-state index contributed by atoms with van der Waals surface area (Å²) in [7, 11) is 0. The van der Waals surface area contributed by atoms with Crippen LogP contribution < -0.4 is 0 Å². The van der Waals surface area contributed by atoms with Crippen LogP contribution in [0.5, 0.6) is 0 Å². The number of esters is 1. The Balaban J connectivity index is 2.74. The summed E-state index contributed by atoms with van der Waals surface area (Å²) in [5, 5.41) is 0. The first-order valence-corrected chi connectivity index (χ1v) is 4.72. The first-order valence-electron chi connectivity index (χ1n) is 4.72. The molecule has 1 heterocycles. The van der Waals surface area contributed by atoms with Gasteiger partial charge in [0, 0.05) is 6.21 Å². The van der Waals surface area contributed by atoms with Crippen LogP contribution in [0.4, 0.5) is 0 Å². The molecule has 3 heteroatoms. The molecule has 0 fully saturated rings. The van der Waals surface area contributed by atoms with Crippen LogP contribution in [-0.4, -0.2) is 23.3 Å². The number of carbonyl (C=O) groups excluding carboxylic acids is 1. The lowest BCUT2D eigenvalue weighted by atomic mass is 9.96. The zero-order valence-corrected chi connectivity index (χ0v) is 9.42. The van der Waals surface area contributed by atoms with Crippen LogP contribution in [0.2, 0.25) is 0 Å². The number of hydrogen-bond acceptors (Lipinski definition) is 3. The lowest BCUT2D eigenvalue weighted by Gasteiger charge is -2.24. The summed E-state index contributed by atoms with van der Waals surface area (Å²) in [5.41, 5.74) is -0.272. The smallest absolute Gasteiger partial charge is 0.337 e. The van der Waals surface area contributed by atoms with E-state index in [1.54, 1.807) is 12.3 Å². The molecule has 0 bridgehead atoms. The summed E-state index contributed by atoms with van der Waals surface area (Å²) < 4.78 is 5.27. The van der Waals surface area contributed by atoms with Crippen molar-refractivity contribution in [3.63, 3.8) is 0 Å². The second-order valence-corrected chi connectivity index (χ2v) is 4.92. The number of ether oxygens (including phenoxy) is 1. The van der Waals surface area contributed by atoms with Crippen molar-refractivity contribution in [3.8, 4) is 0 Å².